The zero-order valence-electron chi connectivity index (χ0n) is 15.2. The third kappa shape index (κ3) is 4.49. The molecule has 3 rings (SSSR count). The van der Waals surface area contributed by atoms with Gasteiger partial charge in [0.05, 0.1) is 0 Å². The van der Waals surface area contributed by atoms with Gasteiger partial charge in [-0.05, 0) is 55.1 Å². The van der Waals surface area contributed by atoms with Gasteiger partial charge in [-0.2, -0.15) is 0 Å². The number of hydrogen-bond donors (Lipinski definition) is 1. The lowest BCUT2D eigenvalue weighted by molar-refractivity contribution is -0.122. The number of hydrogen-bond acceptors (Lipinski definition) is 2. The minimum atomic E-state index is -0.216. The minimum absolute atomic E-state index is 0.0606. The van der Waals surface area contributed by atoms with Crippen LogP contribution in [0.3, 0.4) is 0 Å². The molecule has 1 N–H and O–H groups in total. The molecule has 0 radical (unpaired) electrons. The van der Waals surface area contributed by atoms with Crippen LogP contribution in [0, 0.1) is 0 Å². The summed E-state index contributed by atoms with van der Waals surface area (Å²) >= 11 is 0. The van der Waals surface area contributed by atoms with E-state index in [4.69, 9.17) is 0 Å². The molecule has 0 spiro atoms. The van der Waals surface area contributed by atoms with E-state index in [-0.39, 0.29) is 11.9 Å². The fraction of sp³-hybridized carbons (Fsp3) is 0.409. The van der Waals surface area contributed by atoms with E-state index < -0.39 is 0 Å². The molecule has 0 unspecified atom stereocenters. The molecule has 0 bridgehead atoms. The number of amides is 1. The fourth-order valence-electron chi connectivity index (χ4n) is 3.50. The second kappa shape index (κ2) is 8.30. The lowest BCUT2D eigenvalue weighted by Crippen LogP contribution is -2.40. The molecule has 0 aromatic heterocycles. The predicted octanol–water partition coefficient (Wildman–Crippen LogP) is 4.98. The van der Waals surface area contributed by atoms with Crippen LogP contribution < -0.4 is 5.32 Å². The standard InChI is InChI=1S/C22H28N2O/c1-17(2)18-11-13-20(14-12-18)23-22(25)21(19-9-5-3-6-10-19)24-15-7-4-8-16-24/h3,5-6,9-14,17,21H,4,7-8,15-16H2,1-2H3,(H,23,25)/t21-/m1/s1. The van der Waals surface area contributed by atoms with Crippen molar-refractivity contribution in [3.05, 3.63) is 65.7 Å². The average Bonchev–Trinajstić information content (AvgIpc) is 2.64. The zero-order chi connectivity index (χ0) is 17.6. The first-order valence-electron chi connectivity index (χ1n) is 9.35. The Morgan fingerprint density at radius 1 is 0.880 bits per heavy atom. The molecule has 25 heavy (non-hydrogen) atoms. The Balaban J connectivity index is 1.79. The fourth-order valence-corrected chi connectivity index (χ4v) is 3.50. The van der Waals surface area contributed by atoms with Crippen LogP contribution >= 0.6 is 0 Å². The maximum atomic E-state index is 13.1. The van der Waals surface area contributed by atoms with Gasteiger partial charge in [-0.15, -0.1) is 0 Å². The van der Waals surface area contributed by atoms with Gasteiger partial charge < -0.3 is 5.32 Å². The number of anilines is 1. The summed E-state index contributed by atoms with van der Waals surface area (Å²) in [5.74, 6) is 0.556. The van der Waals surface area contributed by atoms with Crippen molar-refractivity contribution in [1.82, 2.24) is 4.90 Å². The quantitative estimate of drug-likeness (QED) is 0.835. The number of benzene rings is 2. The largest absolute Gasteiger partial charge is 0.324 e. The maximum absolute atomic E-state index is 13.1. The van der Waals surface area contributed by atoms with Gasteiger partial charge in [0.1, 0.15) is 6.04 Å². The summed E-state index contributed by atoms with van der Waals surface area (Å²) in [6, 6.07) is 18.1. The van der Waals surface area contributed by atoms with Crippen molar-refractivity contribution in [3.63, 3.8) is 0 Å². The Labute approximate surface area is 151 Å². The molecular formula is C22H28N2O. The van der Waals surface area contributed by atoms with Crippen molar-refractivity contribution in [3.8, 4) is 0 Å². The van der Waals surface area contributed by atoms with E-state index in [0.717, 1.165) is 24.3 Å². The monoisotopic (exact) mass is 336 g/mol. The first-order chi connectivity index (χ1) is 12.1. The van der Waals surface area contributed by atoms with Gasteiger partial charge in [0, 0.05) is 5.69 Å². The average molecular weight is 336 g/mol. The molecule has 2 aromatic carbocycles. The Hall–Kier alpha value is -2.13. The maximum Gasteiger partial charge on any atom is 0.246 e. The van der Waals surface area contributed by atoms with Gasteiger partial charge in [-0.3, -0.25) is 9.69 Å². The molecule has 0 saturated carbocycles. The topological polar surface area (TPSA) is 32.3 Å². The summed E-state index contributed by atoms with van der Waals surface area (Å²) in [6.45, 7) is 6.32. The summed E-state index contributed by atoms with van der Waals surface area (Å²) in [6.07, 6.45) is 3.59. The lowest BCUT2D eigenvalue weighted by Gasteiger charge is -2.34. The molecule has 1 heterocycles. The lowest BCUT2D eigenvalue weighted by atomic mass is 10.0. The van der Waals surface area contributed by atoms with E-state index in [2.05, 4.69) is 48.3 Å². The van der Waals surface area contributed by atoms with Crippen molar-refractivity contribution in [2.24, 2.45) is 0 Å². The normalized spacial score (nSPS) is 16.6. The van der Waals surface area contributed by atoms with Gasteiger partial charge in [-0.25, -0.2) is 0 Å². The van der Waals surface area contributed by atoms with Crippen molar-refractivity contribution in [2.75, 3.05) is 18.4 Å². The van der Waals surface area contributed by atoms with Gasteiger partial charge in [-0.1, -0.05) is 62.7 Å². The van der Waals surface area contributed by atoms with Gasteiger partial charge in [0.2, 0.25) is 5.91 Å². The third-order valence-electron chi connectivity index (χ3n) is 4.96. The molecule has 132 valence electrons. The third-order valence-corrected chi connectivity index (χ3v) is 4.96. The molecular weight excluding hydrogens is 308 g/mol. The highest BCUT2D eigenvalue weighted by molar-refractivity contribution is 5.95. The van der Waals surface area contributed by atoms with Crippen LogP contribution in [0.25, 0.3) is 0 Å². The number of nitrogens with one attached hydrogen (secondary N) is 1. The highest BCUT2D eigenvalue weighted by Gasteiger charge is 2.28. The van der Waals surface area contributed by atoms with E-state index >= 15 is 0 Å². The number of piperidine rings is 1. The first-order valence-corrected chi connectivity index (χ1v) is 9.35. The van der Waals surface area contributed by atoms with E-state index in [0.29, 0.717) is 5.92 Å². The molecule has 1 aliphatic heterocycles. The summed E-state index contributed by atoms with van der Waals surface area (Å²) in [7, 11) is 0. The van der Waals surface area contributed by atoms with E-state index in [1.165, 1.54) is 24.8 Å². The van der Waals surface area contributed by atoms with Crippen LogP contribution in [-0.4, -0.2) is 23.9 Å². The van der Waals surface area contributed by atoms with Gasteiger partial charge >= 0.3 is 0 Å². The van der Waals surface area contributed by atoms with Crippen molar-refractivity contribution < 1.29 is 4.79 Å². The molecule has 0 aliphatic carbocycles. The van der Waals surface area contributed by atoms with Crippen molar-refractivity contribution >= 4 is 11.6 Å². The summed E-state index contributed by atoms with van der Waals surface area (Å²) < 4.78 is 0. The van der Waals surface area contributed by atoms with Crippen LogP contribution in [0.2, 0.25) is 0 Å². The van der Waals surface area contributed by atoms with E-state index in [9.17, 15) is 4.79 Å². The highest BCUT2D eigenvalue weighted by atomic mass is 16.2. The Morgan fingerprint density at radius 3 is 2.12 bits per heavy atom. The number of likely N-dealkylation sites (tertiary alicyclic amines) is 1. The summed E-state index contributed by atoms with van der Waals surface area (Å²) in [5.41, 5.74) is 3.22. The molecule has 1 fully saturated rings. The second-order valence-corrected chi connectivity index (χ2v) is 7.18. The first kappa shape index (κ1) is 17.7. The van der Waals surface area contributed by atoms with Crippen LogP contribution in [0.1, 0.15) is 56.2 Å². The van der Waals surface area contributed by atoms with Crippen LogP contribution in [0.15, 0.2) is 54.6 Å². The minimum Gasteiger partial charge on any atom is -0.324 e. The molecule has 1 aliphatic rings. The Morgan fingerprint density at radius 2 is 1.52 bits per heavy atom. The number of carbonyl (C=O) groups is 1. The molecule has 2 aromatic rings. The van der Waals surface area contributed by atoms with E-state index in [1.807, 2.05) is 30.3 Å². The Bertz CT molecular complexity index is 673. The van der Waals surface area contributed by atoms with Crippen LogP contribution in [0.4, 0.5) is 5.69 Å². The summed E-state index contributed by atoms with van der Waals surface area (Å²) in [4.78, 5) is 15.4. The molecule has 3 nitrogen and oxygen atoms in total. The smallest absolute Gasteiger partial charge is 0.246 e. The van der Waals surface area contributed by atoms with Gasteiger partial charge in [0.15, 0.2) is 0 Å². The second-order valence-electron chi connectivity index (χ2n) is 7.18. The predicted molar refractivity (Wildman–Crippen MR) is 104 cm³/mol. The molecule has 1 saturated heterocycles. The van der Waals surface area contributed by atoms with Crippen LogP contribution in [-0.2, 0) is 4.79 Å². The highest BCUT2D eigenvalue weighted by Crippen LogP contribution is 2.26. The number of nitrogens with zero attached hydrogens (tertiary/aromatic N) is 1. The molecule has 1 amide bonds. The Kier molecular flexibility index (Phi) is 5.87. The van der Waals surface area contributed by atoms with Crippen molar-refractivity contribution in [2.45, 2.75) is 45.1 Å². The van der Waals surface area contributed by atoms with E-state index in [1.54, 1.807) is 0 Å². The van der Waals surface area contributed by atoms with Crippen LogP contribution in [0.5, 0.6) is 0 Å². The number of rotatable bonds is 5. The SMILES string of the molecule is CC(C)c1ccc(NC(=O)[C@@H](c2ccccc2)N2CCCCC2)cc1. The van der Waals surface area contributed by atoms with Crippen molar-refractivity contribution in [1.29, 1.82) is 0 Å². The molecule has 3 heteroatoms. The zero-order valence-corrected chi connectivity index (χ0v) is 15.2. The molecule has 1 atom stereocenters. The number of carbonyl (C=O) groups excluding carboxylic acids is 1. The summed E-state index contributed by atoms with van der Waals surface area (Å²) in [5, 5.41) is 3.12. The van der Waals surface area contributed by atoms with Gasteiger partial charge in [0.25, 0.3) is 0 Å².